The first-order valence-corrected chi connectivity index (χ1v) is 8.27. The van der Waals surface area contributed by atoms with E-state index in [0.717, 1.165) is 41.7 Å². The van der Waals surface area contributed by atoms with Crippen molar-refractivity contribution in [1.82, 2.24) is 19.3 Å². The monoisotopic (exact) mass is 289 g/mol. The molecular weight excluding hydrogens is 262 g/mol. The zero-order chi connectivity index (χ0) is 15.0. The van der Waals surface area contributed by atoms with Crippen LogP contribution >= 0.6 is 0 Å². The molecule has 0 spiro atoms. The quantitative estimate of drug-likeness (QED) is 0.940. The summed E-state index contributed by atoms with van der Waals surface area (Å²) in [5, 5.41) is 4.55. The number of hydrogen-bond acceptors (Lipinski definition) is 3. The molecule has 0 bridgehead atoms. The first-order chi connectivity index (χ1) is 10.1. The van der Waals surface area contributed by atoms with E-state index in [0.29, 0.717) is 5.95 Å². The number of hydrogen-bond donors (Lipinski definition) is 1. The van der Waals surface area contributed by atoms with Crippen molar-refractivity contribution in [3.63, 3.8) is 0 Å². The summed E-state index contributed by atoms with van der Waals surface area (Å²) < 4.78 is 4.08. The third kappa shape index (κ3) is 2.65. The highest BCUT2D eigenvalue weighted by molar-refractivity contribution is 5.77. The lowest BCUT2D eigenvalue weighted by atomic mass is 9.81. The van der Waals surface area contributed by atoms with Crippen molar-refractivity contribution >= 4 is 17.1 Å². The molecule has 0 aliphatic heterocycles. The van der Waals surface area contributed by atoms with Gasteiger partial charge in [0, 0.05) is 13.6 Å². The molecule has 21 heavy (non-hydrogen) atoms. The number of aromatic nitrogens is 4. The summed E-state index contributed by atoms with van der Waals surface area (Å²) in [5.74, 6) is 2.39. The van der Waals surface area contributed by atoms with Crippen molar-refractivity contribution in [1.29, 1.82) is 0 Å². The fraction of sp³-hybridized carbons (Fsp3) is 0.750. The van der Waals surface area contributed by atoms with Gasteiger partial charge in [-0.05, 0) is 24.7 Å². The third-order valence-corrected chi connectivity index (χ3v) is 5.05. The molecular formula is C16H27N5. The van der Waals surface area contributed by atoms with E-state index in [1.807, 2.05) is 11.7 Å². The number of rotatable bonds is 4. The van der Waals surface area contributed by atoms with Gasteiger partial charge in [-0.3, -0.25) is 9.25 Å². The maximum Gasteiger partial charge on any atom is 0.202 e. The molecule has 2 N–H and O–H groups in total. The summed E-state index contributed by atoms with van der Waals surface area (Å²) in [6.07, 6.45) is 7.59. The van der Waals surface area contributed by atoms with Crippen molar-refractivity contribution in [3.8, 4) is 0 Å². The highest BCUT2D eigenvalue weighted by Crippen LogP contribution is 2.31. The molecule has 0 aromatic carbocycles. The van der Waals surface area contributed by atoms with Crippen molar-refractivity contribution in [2.75, 3.05) is 5.73 Å². The summed E-state index contributed by atoms with van der Waals surface area (Å²) in [4.78, 5) is 4.54. The van der Waals surface area contributed by atoms with Crippen LogP contribution in [0.2, 0.25) is 0 Å². The average molecular weight is 289 g/mol. The Hall–Kier alpha value is -1.52. The summed E-state index contributed by atoms with van der Waals surface area (Å²) in [6.45, 7) is 5.44. The molecule has 0 atom stereocenters. The van der Waals surface area contributed by atoms with Gasteiger partial charge in [0.1, 0.15) is 5.52 Å². The maximum absolute atomic E-state index is 6.14. The van der Waals surface area contributed by atoms with E-state index in [1.165, 1.54) is 32.1 Å². The zero-order valence-electron chi connectivity index (χ0n) is 13.5. The minimum absolute atomic E-state index is 0.636. The highest BCUT2D eigenvalue weighted by atomic mass is 15.3. The van der Waals surface area contributed by atoms with E-state index in [2.05, 4.69) is 28.5 Å². The van der Waals surface area contributed by atoms with Crippen LogP contribution in [0.5, 0.6) is 0 Å². The standard InChI is InChI=1S/C16H27N5/c1-4-13-14-15(20(3)19-13)21(16(17)18-14)10-9-12-7-5-11(2)6-8-12/h11-12H,4-10H2,1-3H3,(H2,17,18). The van der Waals surface area contributed by atoms with Gasteiger partial charge in [0.15, 0.2) is 5.65 Å². The Labute approximate surface area is 126 Å². The number of fused-ring (bicyclic) bond motifs is 1. The molecule has 3 rings (SSSR count). The normalized spacial score (nSPS) is 23.0. The second-order valence-corrected chi connectivity index (χ2v) is 6.63. The Morgan fingerprint density at radius 1 is 1.24 bits per heavy atom. The predicted molar refractivity (Wildman–Crippen MR) is 86.0 cm³/mol. The van der Waals surface area contributed by atoms with Crippen LogP contribution in [0.1, 0.15) is 51.6 Å². The molecule has 2 heterocycles. The lowest BCUT2D eigenvalue weighted by Crippen LogP contribution is -2.15. The van der Waals surface area contributed by atoms with Gasteiger partial charge in [-0.1, -0.05) is 39.5 Å². The smallest absolute Gasteiger partial charge is 0.202 e. The summed E-state index contributed by atoms with van der Waals surface area (Å²) in [6, 6.07) is 0. The van der Waals surface area contributed by atoms with Crippen LogP contribution in [-0.4, -0.2) is 19.3 Å². The Morgan fingerprint density at radius 3 is 2.62 bits per heavy atom. The van der Waals surface area contributed by atoms with Gasteiger partial charge in [0.05, 0.1) is 5.69 Å². The molecule has 0 amide bonds. The van der Waals surface area contributed by atoms with Crippen LogP contribution in [0.25, 0.3) is 11.2 Å². The molecule has 0 radical (unpaired) electrons. The van der Waals surface area contributed by atoms with Crippen LogP contribution < -0.4 is 5.73 Å². The van der Waals surface area contributed by atoms with Gasteiger partial charge in [-0.2, -0.15) is 5.10 Å². The van der Waals surface area contributed by atoms with Crippen LogP contribution in [0.15, 0.2) is 0 Å². The van der Waals surface area contributed by atoms with Crippen LogP contribution in [0.3, 0.4) is 0 Å². The summed E-state index contributed by atoms with van der Waals surface area (Å²) in [5.41, 5.74) is 9.24. The topological polar surface area (TPSA) is 61.7 Å². The molecule has 2 aromatic rings. The summed E-state index contributed by atoms with van der Waals surface area (Å²) in [7, 11) is 1.99. The molecule has 5 nitrogen and oxygen atoms in total. The zero-order valence-corrected chi connectivity index (χ0v) is 13.5. The first kappa shape index (κ1) is 14.4. The van der Waals surface area contributed by atoms with Crippen LogP contribution in [0, 0.1) is 11.8 Å². The summed E-state index contributed by atoms with van der Waals surface area (Å²) >= 11 is 0. The Morgan fingerprint density at radius 2 is 1.95 bits per heavy atom. The SMILES string of the molecule is CCc1nn(C)c2c1nc(N)n2CCC1CCC(C)CC1. The van der Waals surface area contributed by atoms with Crippen molar-refractivity contribution in [2.24, 2.45) is 18.9 Å². The van der Waals surface area contributed by atoms with Crippen LogP contribution in [0.4, 0.5) is 5.95 Å². The average Bonchev–Trinajstić information content (AvgIpc) is 2.95. The van der Waals surface area contributed by atoms with Crippen molar-refractivity contribution < 1.29 is 0 Å². The maximum atomic E-state index is 6.14. The first-order valence-electron chi connectivity index (χ1n) is 8.27. The number of anilines is 1. The molecule has 1 aliphatic carbocycles. The fourth-order valence-corrected chi connectivity index (χ4v) is 3.65. The van der Waals surface area contributed by atoms with E-state index in [4.69, 9.17) is 5.73 Å². The predicted octanol–water partition coefficient (Wildman–Crippen LogP) is 3.13. The van der Waals surface area contributed by atoms with E-state index >= 15 is 0 Å². The lowest BCUT2D eigenvalue weighted by molar-refractivity contribution is 0.269. The molecule has 2 aromatic heterocycles. The number of nitrogens with zero attached hydrogens (tertiary/aromatic N) is 4. The van der Waals surface area contributed by atoms with Gasteiger partial charge in [-0.15, -0.1) is 0 Å². The van der Waals surface area contributed by atoms with E-state index < -0.39 is 0 Å². The molecule has 1 aliphatic rings. The highest BCUT2D eigenvalue weighted by Gasteiger charge is 2.20. The largest absolute Gasteiger partial charge is 0.369 e. The molecule has 116 valence electrons. The molecule has 0 unspecified atom stereocenters. The Bertz CT molecular complexity index is 616. The van der Waals surface area contributed by atoms with E-state index in [-0.39, 0.29) is 0 Å². The molecule has 1 fully saturated rings. The third-order valence-electron chi connectivity index (χ3n) is 5.05. The lowest BCUT2D eigenvalue weighted by Gasteiger charge is -2.26. The molecule has 5 heteroatoms. The van der Waals surface area contributed by atoms with Gasteiger partial charge in [0.25, 0.3) is 0 Å². The van der Waals surface area contributed by atoms with Crippen molar-refractivity contribution in [3.05, 3.63) is 5.69 Å². The number of nitrogens with two attached hydrogens (primary N) is 1. The second-order valence-electron chi connectivity index (χ2n) is 6.63. The van der Waals surface area contributed by atoms with Crippen LogP contribution in [-0.2, 0) is 20.0 Å². The second kappa shape index (κ2) is 5.70. The van der Waals surface area contributed by atoms with Gasteiger partial charge in [0.2, 0.25) is 5.95 Å². The minimum atomic E-state index is 0.636. The van der Waals surface area contributed by atoms with Gasteiger partial charge < -0.3 is 5.73 Å². The minimum Gasteiger partial charge on any atom is -0.369 e. The van der Waals surface area contributed by atoms with Crippen molar-refractivity contribution in [2.45, 2.75) is 58.9 Å². The van der Waals surface area contributed by atoms with E-state index in [1.54, 1.807) is 0 Å². The molecule has 1 saturated carbocycles. The van der Waals surface area contributed by atoms with Gasteiger partial charge in [-0.25, -0.2) is 4.98 Å². The molecule has 0 saturated heterocycles. The number of imidazole rings is 1. The van der Waals surface area contributed by atoms with Gasteiger partial charge >= 0.3 is 0 Å². The Kier molecular flexibility index (Phi) is 3.91. The Balaban J connectivity index is 1.77. The fourth-order valence-electron chi connectivity index (χ4n) is 3.65. The number of nitrogen functional groups attached to an aromatic ring is 1. The number of aryl methyl sites for hydroxylation is 3. The van der Waals surface area contributed by atoms with E-state index in [9.17, 15) is 0 Å².